The topological polar surface area (TPSA) is 78.7 Å². The molecule has 0 fully saturated rings. The second kappa shape index (κ2) is 5.81. The van der Waals surface area contributed by atoms with Crippen LogP contribution >= 0.6 is 0 Å². The molecule has 0 aliphatic heterocycles. The summed E-state index contributed by atoms with van der Waals surface area (Å²) in [6.07, 6.45) is 3.31. The fraction of sp³-hybridized carbons (Fsp3) is 0. The number of carbonyl (C=O) groups is 1. The van der Waals surface area contributed by atoms with Gasteiger partial charge >= 0.3 is 0 Å². The van der Waals surface area contributed by atoms with Crippen LogP contribution in [0.2, 0.25) is 0 Å². The maximum absolute atomic E-state index is 12.1. The number of para-hydroxylation sites is 2. The first kappa shape index (κ1) is 15.3. The maximum Gasteiger partial charge on any atom is 0.250 e. The van der Waals surface area contributed by atoms with Gasteiger partial charge in [-0.2, -0.15) is 0 Å². The maximum atomic E-state index is 12.1. The summed E-state index contributed by atoms with van der Waals surface area (Å²) >= 11 is 0. The monoisotopic (exact) mass is 353 g/mol. The Kier molecular flexibility index (Phi) is 3.30. The van der Waals surface area contributed by atoms with Gasteiger partial charge in [-0.1, -0.05) is 36.4 Å². The highest BCUT2D eigenvalue weighted by Crippen LogP contribution is 2.34. The van der Waals surface area contributed by atoms with Crippen LogP contribution in [0.3, 0.4) is 0 Å². The van der Waals surface area contributed by atoms with Crippen molar-refractivity contribution in [3.05, 3.63) is 84.9 Å². The second-order valence-electron chi connectivity index (χ2n) is 6.31. The third kappa shape index (κ3) is 2.31. The Morgan fingerprint density at radius 2 is 1.52 bits per heavy atom. The van der Waals surface area contributed by atoms with Gasteiger partial charge in [0.05, 0.1) is 22.3 Å². The van der Waals surface area contributed by atoms with Crippen molar-refractivity contribution in [3.63, 3.8) is 0 Å². The van der Waals surface area contributed by atoms with E-state index in [0.717, 1.165) is 33.2 Å². The minimum Gasteiger partial charge on any atom is -0.366 e. The summed E-state index contributed by atoms with van der Waals surface area (Å²) in [6, 6.07) is 21.7. The number of aromatic nitrogens is 4. The van der Waals surface area contributed by atoms with Crippen LogP contribution in [0.1, 0.15) is 10.4 Å². The fourth-order valence-electron chi connectivity index (χ4n) is 3.61. The first-order valence-electron chi connectivity index (χ1n) is 8.51. The Labute approximate surface area is 154 Å². The summed E-state index contributed by atoms with van der Waals surface area (Å²) in [5, 5.41) is 9.82. The van der Waals surface area contributed by atoms with Crippen molar-refractivity contribution in [3.8, 4) is 11.4 Å². The highest BCUT2D eigenvalue weighted by molar-refractivity contribution is 6.16. The molecular weight excluding hydrogens is 338 g/mol. The lowest BCUT2D eigenvalue weighted by Gasteiger charge is -2.11. The number of fused-ring (bicyclic) bond motifs is 3. The van der Waals surface area contributed by atoms with Crippen molar-refractivity contribution in [2.75, 3.05) is 0 Å². The third-order valence-corrected chi connectivity index (χ3v) is 4.77. The largest absolute Gasteiger partial charge is 0.366 e. The molecule has 6 nitrogen and oxygen atoms in total. The Morgan fingerprint density at radius 1 is 0.815 bits per heavy atom. The molecule has 27 heavy (non-hydrogen) atoms. The molecule has 0 bridgehead atoms. The van der Waals surface area contributed by atoms with Crippen LogP contribution in [0.4, 0.5) is 0 Å². The van der Waals surface area contributed by atoms with Gasteiger partial charge in [-0.25, -0.2) is 0 Å². The zero-order chi connectivity index (χ0) is 18.4. The van der Waals surface area contributed by atoms with Crippen LogP contribution in [-0.4, -0.2) is 25.2 Å². The van der Waals surface area contributed by atoms with Crippen molar-refractivity contribution in [1.29, 1.82) is 0 Å². The highest BCUT2D eigenvalue weighted by Gasteiger charge is 2.17. The summed E-state index contributed by atoms with van der Waals surface area (Å²) in [7, 11) is 0. The molecule has 0 aliphatic carbocycles. The molecule has 5 rings (SSSR count). The van der Waals surface area contributed by atoms with Gasteiger partial charge in [-0.3, -0.25) is 9.36 Å². The van der Waals surface area contributed by atoms with Crippen LogP contribution in [0.5, 0.6) is 0 Å². The summed E-state index contributed by atoms with van der Waals surface area (Å²) in [5.41, 5.74) is 9.87. The first-order valence-corrected chi connectivity index (χ1v) is 8.51. The van der Waals surface area contributed by atoms with E-state index in [1.165, 1.54) is 0 Å². The van der Waals surface area contributed by atoms with E-state index >= 15 is 0 Å². The lowest BCUT2D eigenvalue weighted by molar-refractivity contribution is 0.100. The van der Waals surface area contributed by atoms with E-state index in [4.69, 9.17) is 5.73 Å². The number of hydrogen-bond donors (Lipinski definition) is 1. The SMILES string of the molecule is NC(=O)c1cccc2c3ccccc3n(-c3cccc(-n4cnnc4)c3)c12. The lowest BCUT2D eigenvalue weighted by atomic mass is 10.1. The van der Waals surface area contributed by atoms with Crippen molar-refractivity contribution in [2.45, 2.75) is 0 Å². The summed E-state index contributed by atoms with van der Waals surface area (Å²) < 4.78 is 3.92. The average Bonchev–Trinajstić information content (AvgIpc) is 3.34. The van der Waals surface area contributed by atoms with Crippen LogP contribution in [0, 0.1) is 0 Å². The Morgan fingerprint density at radius 3 is 2.33 bits per heavy atom. The number of nitrogens with zero attached hydrogens (tertiary/aromatic N) is 4. The van der Waals surface area contributed by atoms with Gasteiger partial charge in [0, 0.05) is 16.5 Å². The Hall–Kier alpha value is -3.93. The van der Waals surface area contributed by atoms with Gasteiger partial charge < -0.3 is 10.3 Å². The number of hydrogen-bond acceptors (Lipinski definition) is 3. The van der Waals surface area contributed by atoms with Gasteiger partial charge in [0.1, 0.15) is 12.7 Å². The molecule has 0 atom stereocenters. The van der Waals surface area contributed by atoms with E-state index in [0.29, 0.717) is 5.56 Å². The molecule has 0 unspecified atom stereocenters. The van der Waals surface area contributed by atoms with E-state index < -0.39 is 5.91 Å². The molecule has 0 radical (unpaired) electrons. The Balaban J connectivity index is 1.90. The molecule has 0 aliphatic rings. The standard InChI is InChI=1S/C21H15N5O/c22-21(27)18-9-4-8-17-16-7-1-2-10-19(16)26(20(17)18)15-6-3-5-14(11-15)25-12-23-24-13-25/h1-13H,(H2,22,27). The van der Waals surface area contributed by atoms with E-state index in [1.807, 2.05) is 59.2 Å². The zero-order valence-electron chi connectivity index (χ0n) is 14.3. The van der Waals surface area contributed by atoms with Crippen LogP contribution < -0.4 is 5.73 Å². The molecule has 1 amide bonds. The summed E-state index contributed by atoms with van der Waals surface area (Å²) in [5.74, 6) is -0.445. The third-order valence-electron chi connectivity index (χ3n) is 4.77. The number of amides is 1. The van der Waals surface area contributed by atoms with Gasteiger partial charge in [0.15, 0.2) is 0 Å². The van der Waals surface area contributed by atoms with Crippen molar-refractivity contribution in [1.82, 2.24) is 19.3 Å². The molecular formula is C21H15N5O. The predicted molar refractivity (Wildman–Crippen MR) is 104 cm³/mol. The number of nitrogens with two attached hydrogens (primary N) is 1. The van der Waals surface area contributed by atoms with Crippen molar-refractivity contribution >= 4 is 27.7 Å². The minimum absolute atomic E-state index is 0.445. The number of rotatable bonds is 3. The summed E-state index contributed by atoms with van der Waals surface area (Å²) in [6.45, 7) is 0. The number of benzene rings is 3. The molecule has 2 aromatic heterocycles. The van der Waals surface area contributed by atoms with E-state index in [1.54, 1.807) is 18.7 Å². The molecule has 130 valence electrons. The quantitative estimate of drug-likeness (QED) is 0.539. The molecule has 0 spiro atoms. The van der Waals surface area contributed by atoms with Gasteiger partial charge in [0.2, 0.25) is 0 Å². The van der Waals surface area contributed by atoms with Crippen LogP contribution in [0.25, 0.3) is 33.2 Å². The zero-order valence-corrected chi connectivity index (χ0v) is 14.3. The van der Waals surface area contributed by atoms with E-state index in [-0.39, 0.29) is 0 Å². The lowest BCUT2D eigenvalue weighted by Crippen LogP contribution is -2.12. The molecule has 5 aromatic rings. The van der Waals surface area contributed by atoms with E-state index in [2.05, 4.69) is 20.8 Å². The molecule has 2 heterocycles. The first-order chi connectivity index (χ1) is 13.2. The Bertz CT molecular complexity index is 1300. The van der Waals surface area contributed by atoms with Gasteiger partial charge in [-0.15, -0.1) is 10.2 Å². The summed E-state index contributed by atoms with van der Waals surface area (Å²) in [4.78, 5) is 12.1. The fourth-order valence-corrected chi connectivity index (χ4v) is 3.61. The number of primary amides is 1. The molecule has 3 aromatic carbocycles. The second-order valence-corrected chi connectivity index (χ2v) is 6.31. The molecule has 0 saturated carbocycles. The number of carbonyl (C=O) groups excluding carboxylic acids is 1. The van der Waals surface area contributed by atoms with E-state index in [9.17, 15) is 4.79 Å². The molecule has 0 saturated heterocycles. The van der Waals surface area contributed by atoms with Crippen molar-refractivity contribution < 1.29 is 4.79 Å². The van der Waals surface area contributed by atoms with Crippen LogP contribution in [0.15, 0.2) is 79.4 Å². The van der Waals surface area contributed by atoms with Gasteiger partial charge in [-0.05, 0) is 30.3 Å². The normalized spacial score (nSPS) is 11.3. The highest BCUT2D eigenvalue weighted by atomic mass is 16.1. The molecule has 2 N–H and O–H groups in total. The van der Waals surface area contributed by atoms with Gasteiger partial charge in [0.25, 0.3) is 5.91 Å². The minimum atomic E-state index is -0.445. The molecule has 6 heteroatoms. The van der Waals surface area contributed by atoms with Crippen molar-refractivity contribution in [2.24, 2.45) is 5.73 Å². The average molecular weight is 353 g/mol. The predicted octanol–water partition coefficient (Wildman–Crippen LogP) is 3.46. The smallest absolute Gasteiger partial charge is 0.250 e. The van der Waals surface area contributed by atoms with Crippen LogP contribution in [-0.2, 0) is 0 Å².